The van der Waals surface area contributed by atoms with Gasteiger partial charge >= 0.3 is 0 Å². The highest BCUT2D eigenvalue weighted by Crippen LogP contribution is 2.26. The number of nitrogens with two attached hydrogens (primary N) is 1. The minimum absolute atomic E-state index is 0.116. The molecular weight excluding hydrogens is 204 g/mol. The maximum Gasteiger partial charge on any atom is 0.0663 e. The molecule has 0 amide bonds. The Morgan fingerprint density at radius 2 is 2.12 bits per heavy atom. The van der Waals surface area contributed by atoms with Gasteiger partial charge in [-0.25, -0.2) is 0 Å². The maximum atomic E-state index is 9.52. The topological polar surface area (TPSA) is 67.5 Å². The van der Waals surface area contributed by atoms with E-state index in [0.29, 0.717) is 13.2 Å². The van der Waals surface area contributed by atoms with Gasteiger partial charge in [-0.05, 0) is 31.0 Å². The van der Waals surface area contributed by atoms with Crippen molar-refractivity contribution >= 4 is 11.4 Å². The van der Waals surface area contributed by atoms with Crippen molar-refractivity contribution in [3.8, 4) is 0 Å². The second-order valence-corrected chi connectivity index (χ2v) is 4.30. The molecule has 1 aliphatic rings. The average Bonchev–Trinajstić information content (AvgIpc) is 2.30. The quantitative estimate of drug-likeness (QED) is 0.673. The van der Waals surface area contributed by atoms with Crippen LogP contribution in [0.25, 0.3) is 0 Å². The van der Waals surface area contributed by atoms with Gasteiger partial charge in [0.1, 0.15) is 0 Å². The fourth-order valence-corrected chi connectivity index (χ4v) is 2.01. The van der Waals surface area contributed by atoms with Crippen molar-refractivity contribution in [1.29, 1.82) is 0 Å². The van der Waals surface area contributed by atoms with Crippen LogP contribution in [0, 0.1) is 0 Å². The van der Waals surface area contributed by atoms with Gasteiger partial charge in [-0.2, -0.15) is 0 Å². The number of nitrogen functional groups attached to an aromatic ring is 1. The zero-order valence-electron chi connectivity index (χ0n) is 9.28. The Balaban J connectivity index is 2.11. The fraction of sp³-hybridized carbons (Fsp3) is 0.500. The summed E-state index contributed by atoms with van der Waals surface area (Å²) < 4.78 is 5.31. The highest BCUT2D eigenvalue weighted by atomic mass is 16.5. The molecule has 0 bridgehead atoms. The average molecular weight is 222 g/mol. The lowest BCUT2D eigenvalue weighted by Gasteiger charge is -2.37. The number of aliphatic hydroxyl groups is 1. The minimum atomic E-state index is -0.258. The van der Waals surface area contributed by atoms with E-state index in [1.807, 2.05) is 24.3 Å². The molecular formula is C12H18N2O2. The summed E-state index contributed by atoms with van der Waals surface area (Å²) in [6.07, 6.45) is 1.64. The molecule has 0 radical (unpaired) electrons. The van der Waals surface area contributed by atoms with Crippen LogP contribution in [-0.4, -0.2) is 30.5 Å². The first kappa shape index (κ1) is 11.2. The van der Waals surface area contributed by atoms with Crippen molar-refractivity contribution in [3.05, 3.63) is 24.3 Å². The highest BCUT2D eigenvalue weighted by Gasteiger charge is 2.31. The summed E-state index contributed by atoms with van der Waals surface area (Å²) in [7, 11) is 0. The van der Waals surface area contributed by atoms with Gasteiger partial charge in [0.05, 0.1) is 12.1 Å². The molecule has 16 heavy (non-hydrogen) atoms. The van der Waals surface area contributed by atoms with Gasteiger partial charge in [0.2, 0.25) is 0 Å². The van der Waals surface area contributed by atoms with Crippen molar-refractivity contribution in [2.75, 3.05) is 30.9 Å². The summed E-state index contributed by atoms with van der Waals surface area (Å²) in [5.41, 5.74) is 7.14. The normalized spacial score (nSPS) is 19.3. The van der Waals surface area contributed by atoms with Crippen LogP contribution in [0.4, 0.5) is 11.4 Å². The van der Waals surface area contributed by atoms with Gasteiger partial charge in [-0.3, -0.25) is 0 Å². The fourth-order valence-electron chi connectivity index (χ4n) is 2.01. The van der Waals surface area contributed by atoms with E-state index >= 15 is 0 Å². The molecule has 4 nitrogen and oxygen atoms in total. The second kappa shape index (κ2) is 4.72. The molecule has 4 N–H and O–H groups in total. The number of aliphatic hydroxyl groups excluding tert-OH is 1. The SMILES string of the molecule is Nc1cccc(NC2(CO)CCOCC2)c1. The Labute approximate surface area is 95.4 Å². The summed E-state index contributed by atoms with van der Waals surface area (Å²) in [5, 5.41) is 12.9. The molecule has 0 aromatic heterocycles. The summed E-state index contributed by atoms with van der Waals surface area (Å²) in [4.78, 5) is 0. The van der Waals surface area contributed by atoms with Crippen molar-refractivity contribution in [1.82, 2.24) is 0 Å². The van der Waals surface area contributed by atoms with E-state index in [9.17, 15) is 5.11 Å². The molecule has 0 aliphatic carbocycles. The Morgan fingerprint density at radius 1 is 1.38 bits per heavy atom. The van der Waals surface area contributed by atoms with E-state index in [1.54, 1.807) is 0 Å². The molecule has 0 saturated carbocycles. The molecule has 1 heterocycles. The molecule has 0 spiro atoms. The van der Waals surface area contributed by atoms with Crippen LogP contribution in [0.5, 0.6) is 0 Å². The van der Waals surface area contributed by atoms with Crippen LogP contribution in [0.2, 0.25) is 0 Å². The molecule has 1 aromatic rings. The molecule has 1 aromatic carbocycles. The van der Waals surface area contributed by atoms with E-state index in [1.165, 1.54) is 0 Å². The van der Waals surface area contributed by atoms with Crippen LogP contribution in [-0.2, 0) is 4.74 Å². The Hall–Kier alpha value is -1.26. The van der Waals surface area contributed by atoms with Crippen molar-refractivity contribution in [2.45, 2.75) is 18.4 Å². The number of benzene rings is 1. The molecule has 1 aliphatic heterocycles. The third-order valence-corrected chi connectivity index (χ3v) is 3.05. The first-order valence-electron chi connectivity index (χ1n) is 5.56. The van der Waals surface area contributed by atoms with E-state index in [0.717, 1.165) is 24.2 Å². The monoisotopic (exact) mass is 222 g/mol. The molecule has 1 saturated heterocycles. The summed E-state index contributed by atoms with van der Waals surface area (Å²) in [5.74, 6) is 0. The van der Waals surface area contributed by atoms with Crippen LogP contribution in [0.1, 0.15) is 12.8 Å². The first-order chi connectivity index (χ1) is 7.74. The summed E-state index contributed by atoms with van der Waals surface area (Å²) in [6.45, 7) is 1.50. The van der Waals surface area contributed by atoms with E-state index in [4.69, 9.17) is 10.5 Å². The van der Waals surface area contributed by atoms with Crippen molar-refractivity contribution < 1.29 is 9.84 Å². The lowest BCUT2D eigenvalue weighted by atomic mass is 9.90. The minimum Gasteiger partial charge on any atom is -0.399 e. The molecule has 2 rings (SSSR count). The standard InChI is InChI=1S/C12H18N2O2/c13-10-2-1-3-11(8-10)14-12(9-15)4-6-16-7-5-12/h1-3,8,14-15H,4-7,9,13H2. The van der Waals surface area contributed by atoms with Crippen LogP contribution in [0.15, 0.2) is 24.3 Å². The van der Waals surface area contributed by atoms with Crippen LogP contribution >= 0.6 is 0 Å². The molecule has 4 heteroatoms. The number of anilines is 2. The number of ether oxygens (including phenoxy) is 1. The predicted molar refractivity (Wildman–Crippen MR) is 64.3 cm³/mol. The van der Waals surface area contributed by atoms with Crippen molar-refractivity contribution in [3.63, 3.8) is 0 Å². The van der Waals surface area contributed by atoms with Crippen LogP contribution in [0.3, 0.4) is 0 Å². The first-order valence-corrected chi connectivity index (χ1v) is 5.56. The molecule has 0 atom stereocenters. The third kappa shape index (κ3) is 2.46. The summed E-state index contributed by atoms with van der Waals surface area (Å²) in [6, 6.07) is 7.60. The smallest absolute Gasteiger partial charge is 0.0663 e. The molecule has 1 fully saturated rings. The maximum absolute atomic E-state index is 9.52. The van der Waals surface area contributed by atoms with E-state index < -0.39 is 0 Å². The zero-order valence-corrected chi connectivity index (χ0v) is 9.28. The number of rotatable bonds is 3. The molecule has 88 valence electrons. The Kier molecular flexibility index (Phi) is 3.31. The number of hydrogen-bond acceptors (Lipinski definition) is 4. The lowest BCUT2D eigenvalue weighted by Crippen LogP contribution is -2.46. The van der Waals surface area contributed by atoms with Crippen molar-refractivity contribution in [2.24, 2.45) is 0 Å². The zero-order chi connectivity index (χ0) is 11.4. The van der Waals surface area contributed by atoms with Gasteiger partial charge in [0, 0.05) is 24.6 Å². The summed E-state index contributed by atoms with van der Waals surface area (Å²) >= 11 is 0. The van der Waals surface area contributed by atoms with E-state index in [-0.39, 0.29) is 12.1 Å². The lowest BCUT2D eigenvalue weighted by molar-refractivity contribution is 0.0380. The Morgan fingerprint density at radius 3 is 2.75 bits per heavy atom. The predicted octanol–water partition coefficient (Wildman–Crippen LogP) is 1.22. The van der Waals surface area contributed by atoms with Gasteiger partial charge in [-0.1, -0.05) is 6.07 Å². The van der Waals surface area contributed by atoms with E-state index in [2.05, 4.69) is 5.32 Å². The van der Waals surface area contributed by atoms with Gasteiger partial charge < -0.3 is 20.9 Å². The van der Waals surface area contributed by atoms with Gasteiger partial charge in [-0.15, -0.1) is 0 Å². The second-order valence-electron chi connectivity index (χ2n) is 4.30. The van der Waals surface area contributed by atoms with Gasteiger partial charge in [0.25, 0.3) is 0 Å². The third-order valence-electron chi connectivity index (χ3n) is 3.05. The van der Waals surface area contributed by atoms with Gasteiger partial charge in [0.15, 0.2) is 0 Å². The highest BCUT2D eigenvalue weighted by molar-refractivity contribution is 5.55. The largest absolute Gasteiger partial charge is 0.399 e. The number of nitrogens with one attached hydrogen (secondary N) is 1. The van der Waals surface area contributed by atoms with Crippen LogP contribution < -0.4 is 11.1 Å². The molecule has 0 unspecified atom stereocenters. The Bertz CT molecular complexity index is 349. The number of hydrogen-bond donors (Lipinski definition) is 3.